The summed E-state index contributed by atoms with van der Waals surface area (Å²) in [6.07, 6.45) is 2.86. The fraction of sp³-hybridized carbons (Fsp3) is 0.500. The van der Waals surface area contributed by atoms with Gasteiger partial charge in [-0.15, -0.1) is 0 Å². The maximum absolute atomic E-state index is 13.9. The molecule has 3 nitrogen and oxygen atoms in total. The van der Waals surface area contributed by atoms with Crippen molar-refractivity contribution in [2.24, 2.45) is 5.73 Å². The highest BCUT2D eigenvalue weighted by molar-refractivity contribution is 6.30. The highest BCUT2D eigenvalue weighted by atomic mass is 35.5. The third-order valence-electron chi connectivity index (χ3n) is 3.70. The van der Waals surface area contributed by atoms with E-state index in [4.69, 9.17) is 17.3 Å². The molecule has 2 rings (SSSR count). The van der Waals surface area contributed by atoms with Gasteiger partial charge in [-0.1, -0.05) is 11.6 Å². The van der Waals surface area contributed by atoms with Gasteiger partial charge in [0.2, 0.25) is 0 Å². The van der Waals surface area contributed by atoms with Crippen molar-refractivity contribution in [1.29, 1.82) is 0 Å². The van der Waals surface area contributed by atoms with Crippen LogP contribution in [-0.2, 0) is 0 Å². The molecule has 0 saturated carbocycles. The van der Waals surface area contributed by atoms with Gasteiger partial charge in [-0.05, 0) is 44.4 Å². The number of rotatable bonds is 2. The van der Waals surface area contributed by atoms with Gasteiger partial charge < -0.3 is 10.6 Å². The Morgan fingerprint density at radius 3 is 2.89 bits per heavy atom. The monoisotopic (exact) mass is 284 g/mol. The predicted molar refractivity (Wildman–Crippen MR) is 73.7 cm³/mol. The molecule has 2 N–H and O–H groups in total. The lowest BCUT2D eigenvalue weighted by Crippen LogP contribution is -2.52. The van der Waals surface area contributed by atoms with Crippen LogP contribution in [0.1, 0.15) is 36.5 Å². The van der Waals surface area contributed by atoms with E-state index in [1.807, 2.05) is 6.92 Å². The van der Waals surface area contributed by atoms with E-state index >= 15 is 0 Å². The van der Waals surface area contributed by atoms with Gasteiger partial charge in [-0.2, -0.15) is 0 Å². The summed E-state index contributed by atoms with van der Waals surface area (Å²) in [5, 5.41) is 0.288. The Labute approximate surface area is 117 Å². The summed E-state index contributed by atoms with van der Waals surface area (Å²) in [7, 11) is 0. The van der Waals surface area contributed by atoms with Crippen LogP contribution in [0.25, 0.3) is 0 Å². The summed E-state index contributed by atoms with van der Waals surface area (Å²) >= 11 is 5.71. The van der Waals surface area contributed by atoms with Crippen LogP contribution in [-0.4, -0.2) is 29.4 Å². The lowest BCUT2D eigenvalue weighted by Gasteiger charge is -2.40. The van der Waals surface area contributed by atoms with E-state index in [0.29, 0.717) is 6.54 Å². The van der Waals surface area contributed by atoms with Gasteiger partial charge in [0.1, 0.15) is 5.82 Å². The molecule has 0 aromatic heterocycles. The number of carbonyl (C=O) groups excluding carboxylic acids is 1. The smallest absolute Gasteiger partial charge is 0.257 e. The van der Waals surface area contributed by atoms with Crippen LogP contribution in [0.2, 0.25) is 5.02 Å². The molecule has 5 heteroatoms. The summed E-state index contributed by atoms with van der Waals surface area (Å²) in [4.78, 5) is 14.2. The second kappa shape index (κ2) is 5.88. The quantitative estimate of drug-likeness (QED) is 0.908. The first-order valence-electron chi connectivity index (χ1n) is 6.52. The van der Waals surface area contributed by atoms with Crippen LogP contribution in [0, 0.1) is 5.82 Å². The first-order valence-corrected chi connectivity index (χ1v) is 6.90. The molecule has 0 spiro atoms. The molecule has 0 bridgehead atoms. The van der Waals surface area contributed by atoms with Crippen LogP contribution >= 0.6 is 11.6 Å². The van der Waals surface area contributed by atoms with Crippen LogP contribution < -0.4 is 5.73 Å². The van der Waals surface area contributed by atoms with Gasteiger partial charge in [0.15, 0.2) is 0 Å². The Morgan fingerprint density at radius 1 is 1.53 bits per heavy atom. The van der Waals surface area contributed by atoms with Crippen LogP contribution in [0.4, 0.5) is 4.39 Å². The average Bonchev–Trinajstić information content (AvgIpc) is 2.37. The van der Waals surface area contributed by atoms with Crippen molar-refractivity contribution >= 4 is 17.5 Å². The molecule has 1 heterocycles. The Kier molecular flexibility index (Phi) is 4.42. The van der Waals surface area contributed by atoms with Gasteiger partial charge >= 0.3 is 0 Å². The molecule has 1 aliphatic rings. The Hall–Kier alpha value is -1.13. The number of piperidine rings is 1. The fourth-order valence-corrected chi connectivity index (χ4v) is 2.85. The van der Waals surface area contributed by atoms with E-state index in [9.17, 15) is 9.18 Å². The van der Waals surface area contributed by atoms with Crippen molar-refractivity contribution in [2.75, 3.05) is 6.54 Å². The molecule has 1 aromatic carbocycles. The Morgan fingerprint density at radius 2 is 2.26 bits per heavy atom. The van der Waals surface area contributed by atoms with Crippen molar-refractivity contribution in [2.45, 2.75) is 38.3 Å². The Balaban J connectivity index is 2.30. The van der Waals surface area contributed by atoms with Gasteiger partial charge in [0.05, 0.1) is 5.56 Å². The number of benzene rings is 1. The maximum atomic E-state index is 13.9. The van der Waals surface area contributed by atoms with Crippen LogP contribution in [0.3, 0.4) is 0 Å². The number of hydrogen-bond donors (Lipinski definition) is 1. The molecule has 19 heavy (non-hydrogen) atoms. The number of hydrogen-bond acceptors (Lipinski definition) is 2. The largest absolute Gasteiger partial charge is 0.332 e. The summed E-state index contributed by atoms with van der Waals surface area (Å²) in [6.45, 7) is 2.39. The Bertz CT molecular complexity index is 481. The third-order valence-corrected chi connectivity index (χ3v) is 3.93. The van der Waals surface area contributed by atoms with Gasteiger partial charge in [-0.25, -0.2) is 4.39 Å². The van der Waals surface area contributed by atoms with Gasteiger partial charge in [0.25, 0.3) is 5.91 Å². The molecule has 1 aromatic rings. The highest BCUT2D eigenvalue weighted by Crippen LogP contribution is 2.26. The summed E-state index contributed by atoms with van der Waals surface area (Å²) in [5.41, 5.74) is 5.79. The zero-order valence-corrected chi connectivity index (χ0v) is 11.7. The molecule has 1 amide bonds. The van der Waals surface area contributed by atoms with Crippen LogP contribution in [0.5, 0.6) is 0 Å². The summed E-state index contributed by atoms with van der Waals surface area (Å²) in [5.74, 6) is -0.872. The first kappa shape index (κ1) is 14.3. The number of halogens is 2. The topological polar surface area (TPSA) is 46.3 Å². The number of nitrogens with zero attached hydrogens (tertiary/aromatic N) is 1. The van der Waals surface area contributed by atoms with Gasteiger partial charge in [-0.3, -0.25) is 4.79 Å². The normalized spacial score (nSPS) is 23.5. The minimum absolute atomic E-state index is 0.00803. The van der Waals surface area contributed by atoms with E-state index in [0.717, 1.165) is 19.3 Å². The third kappa shape index (κ3) is 2.90. The second-order valence-electron chi connectivity index (χ2n) is 5.01. The first-order chi connectivity index (χ1) is 9.04. The molecular weight excluding hydrogens is 267 g/mol. The van der Waals surface area contributed by atoms with E-state index in [1.165, 1.54) is 18.2 Å². The number of nitrogens with two attached hydrogens (primary N) is 1. The van der Waals surface area contributed by atoms with E-state index in [-0.39, 0.29) is 28.6 Å². The highest BCUT2D eigenvalue weighted by Gasteiger charge is 2.32. The minimum Gasteiger partial charge on any atom is -0.332 e. The maximum Gasteiger partial charge on any atom is 0.257 e. The van der Waals surface area contributed by atoms with Crippen molar-refractivity contribution < 1.29 is 9.18 Å². The zero-order valence-electron chi connectivity index (χ0n) is 10.9. The van der Waals surface area contributed by atoms with Crippen molar-refractivity contribution in [3.63, 3.8) is 0 Å². The predicted octanol–water partition coefficient (Wildman–Crippen LogP) is 2.82. The second-order valence-corrected chi connectivity index (χ2v) is 5.44. The molecular formula is C14H18ClFN2O. The molecule has 1 aliphatic heterocycles. The van der Waals surface area contributed by atoms with Gasteiger partial charge in [0, 0.05) is 23.7 Å². The SMILES string of the molecule is CC1CCCC(CN)N1C(=O)c1ccc(Cl)cc1F. The van der Waals surface area contributed by atoms with Crippen molar-refractivity contribution in [3.8, 4) is 0 Å². The minimum atomic E-state index is -0.578. The number of amides is 1. The molecule has 2 atom stereocenters. The molecule has 0 radical (unpaired) electrons. The fourth-order valence-electron chi connectivity index (χ4n) is 2.69. The molecule has 1 fully saturated rings. The molecule has 1 saturated heterocycles. The van der Waals surface area contributed by atoms with E-state index in [1.54, 1.807) is 4.90 Å². The van der Waals surface area contributed by atoms with Crippen LogP contribution in [0.15, 0.2) is 18.2 Å². The number of likely N-dealkylation sites (tertiary alicyclic amines) is 1. The zero-order chi connectivity index (χ0) is 14.0. The van der Waals surface area contributed by atoms with E-state index in [2.05, 4.69) is 0 Å². The molecule has 2 unspecified atom stereocenters. The standard InChI is InChI=1S/C14H18ClFN2O/c1-9-3-2-4-11(8-17)18(9)14(19)12-6-5-10(15)7-13(12)16/h5-7,9,11H,2-4,8,17H2,1H3. The lowest BCUT2D eigenvalue weighted by atomic mass is 9.95. The lowest BCUT2D eigenvalue weighted by molar-refractivity contribution is 0.0489. The molecule has 104 valence electrons. The van der Waals surface area contributed by atoms with E-state index < -0.39 is 5.82 Å². The van der Waals surface area contributed by atoms with Crippen molar-refractivity contribution in [3.05, 3.63) is 34.6 Å². The summed E-state index contributed by atoms with van der Waals surface area (Å²) < 4.78 is 13.9. The van der Waals surface area contributed by atoms with Crippen molar-refractivity contribution in [1.82, 2.24) is 4.90 Å². The average molecular weight is 285 g/mol. The molecule has 0 aliphatic carbocycles. The number of carbonyl (C=O) groups is 1. The summed E-state index contributed by atoms with van der Waals surface area (Å²) in [6, 6.07) is 4.22.